The highest BCUT2D eigenvalue weighted by Gasteiger charge is 2.41. The molecule has 0 aromatic heterocycles. The third-order valence-electron chi connectivity index (χ3n) is 3.88. The summed E-state index contributed by atoms with van der Waals surface area (Å²) in [5.41, 5.74) is 0. The van der Waals surface area contributed by atoms with E-state index in [1.165, 1.54) is 38.5 Å². The molecular formula is C11H21BOS. The lowest BCUT2D eigenvalue weighted by Crippen LogP contribution is -2.39. The molecule has 0 aromatic rings. The van der Waals surface area contributed by atoms with E-state index in [1.54, 1.807) is 0 Å². The lowest BCUT2D eigenvalue weighted by molar-refractivity contribution is 0.213. The number of thiol groups is 1. The van der Waals surface area contributed by atoms with Crippen molar-refractivity contribution >= 4 is 19.5 Å². The Labute approximate surface area is 93.5 Å². The van der Waals surface area contributed by atoms with E-state index in [2.05, 4.69) is 19.6 Å². The third kappa shape index (κ3) is 2.30. The first-order valence-electron chi connectivity index (χ1n) is 6.07. The number of hydrogen-bond acceptors (Lipinski definition) is 2. The summed E-state index contributed by atoms with van der Waals surface area (Å²) >= 11 is 4.30. The lowest BCUT2D eigenvalue weighted by Gasteiger charge is -2.40. The Morgan fingerprint density at radius 3 is 2.14 bits per heavy atom. The van der Waals surface area contributed by atoms with Crippen LogP contribution in [0.15, 0.2) is 0 Å². The molecule has 0 spiro atoms. The fourth-order valence-corrected chi connectivity index (χ4v) is 3.23. The molecule has 2 bridgehead atoms. The smallest absolute Gasteiger partial charge is 0.299 e. The van der Waals surface area contributed by atoms with Crippen LogP contribution < -0.4 is 0 Å². The van der Waals surface area contributed by atoms with Gasteiger partial charge in [-0.15, -0.1) is 0 Å². The van der Waals surface area contributed by atoms with Crippen LogP contribution in [0.3, 0.4) is 0 Å². The average Bonchev–Trinajstić information content (AvgIpc) is 2.17. The van der Waals surface area contributed by atoms with E-state index in [9.17, 15) is 0 Å². The van der Waals surface area contributed by atoms with E-state index in [1.807, 2.05) is 0 Å². The summed E-state index contributed by atoms with van der Waals surface area (Å²) < 4.78 is 6.13. The van der Waals surface area contributed by atoms with E-state index in [-0.39, 0.29) is 0 Å². The van der Waals surface area contributed by atoms with Crippen LogP contribution in [0.1, 0.15) is 45.4 Å². The van der Waals surface area contributed by atoms with Gasteiger partial charge in [0.1, 0.15) is 0 Å². The minimum atomic E-state index is 0.338. The molecule has 2 aliphatic rings. The second kappa shape index (κ2) is 4.93. The SMILES string of the molecule is CC(CS)OB1C2CCCC1CCC2. The number of fused-ring (bicyclic) bond motifs is 2. The first kappa shape index (κ1) is 10.9. The van der Waals surface area contributed by atoms with Crippen molar-refractivity contribution < 1.29 is 4.65 Å². The number of rotatable bonds is 3. The van der Waals surface area contributed by atoms with E-state index >= 15 is 0 Å². The highest BCUT2D eigenvalue weighted by molar-refractivity contribution is 7.80. The second-order valence-corrected chi connectivity index (χ2v) is 5.34. The van der Waals surface area contributed by atoms with Crippen LogP contribution in [0, 0.1) is 0 Å². The summed E-state index contributed by atoms with van der Waals surface area (Å²) in [5, 5.41) is 0. The monoisotopic (exact) mass is 212 g/mol. The molecule has 14 heavy (non-hydrogen) atoms. The molecule has 2 rings (SSSR count). The lowest BCUT2D eigenvalue weighted by atomic mass is 9.38. The van der Waals surface area contributed by atoms with Crippen molar-refractivity contribution in [2.24, 2.45) is 0 Å². The Bertz CT molecular complexity index is 166. The molecular weight excluding hydrogens is 191 g/mol. The normalized spacial score (nSPS) is 34.3. The molecule has 2 fully saturated rings. The van der Waals surface area contributed by atoms with Gasteiger partial charge in [-0.2, -0.15) is 12.6 Å². The van der Waals surface area contributed by atoms with Crippen LogP contribution in [0.2, 0.25) is 11.6 Å². The highest BCUT2D eigenvalue weighted by atomic mass is 32.1. The van der Waals surface area contributed by atoms with E-state index in [4.69, 9.17) is 4.65 Å². The van der Waals surface area contributed by atoms with Gasteiger partial charge in [0.15, 0.2) is 0 Å². The molecule has 0 N–H and O–H groups in total. The van der Waals surface area contributed by atoms with Crippen LogP contribution in [-0.4, -0.2) is 18.8 Å². The quantitative estimate of drug-likeness (QED) is 0.557. The molecule has 1 unspecified atom stereocenters. The van der Waals surface area contributed by atoms with Gasteiger partial charge in [0, 0.05) is 11.9 Å². The van der Waals surface area contributed by atoms with Crippen LogP contribution >= 0.6 is 12.6 Å². The van der Waals surface area contributed by atoms with Crippen molar-refractivity contribution in [1.82, 2.24) is 0 Å². The minimum absolute atomic E-state index is 0.338. The van der Waals surface area contributed by atoms with Gasteiger partial charge >= 0.3 is 0 Å². The Kier molecular flexibility index (Phi) is 3.83. The van der Waals surface area contributed by atoms with Gasteiger partial charge < -0.3 is 4.65 Å². The number of hydrogen-bond donors (Lipinski definition) is 1. The standard InChI is InChI=1S/C11H21BOS/c1-9(8-14)13-12-10-4-2-5-11(12)7-3-6-10/h9-11,14H,2-8H2,1H3. The minimum Gasteiger partial charge on any atom is -0.432 e. The molecule has 80 valence electrons. The Balaban J connectivity index is 1.94. The fraction of sp³-hybridized carbons (Fsp3) is 1.00. The van der Waals surface area contributed by atoms with Gasteiger partial charge in [0.05, 0.1) is 0 Å². The zero-order valence-electron chi connectivity index (χ0n) is 9.11. The third-order valence-corrected chi connectivity index (χ3v) is 4.39. The van der Waals surface area contributed by atoms with Gasteiger partial charge in [0.25, 0.3) is 6.92 Å². The van der Waals surface area contributed by atoms with Gasteiger partial charge in [-0.1, -0.05) is 38.5 Å². The molecule has 0 saturated carbocycles. The molecule has 0 amide bonds. The molecule has 2 heterocycles. The van der Waals surface area contributed by atoms with Crippen LogP contribution in [0.25, 0.3) is 0 Å². The first-order valence-corrected chi connectivity index (χ1v) is 6.71. The first-order chi connectivity index (χ1) is 6.81. The topological polar surface area (TPSA) is 9.23 Å². The van der Waals surface area contributed by atoms with Gasteiger partial charge in [-0.05, 0) is 18.6 Å². The van der Waals surface area contributed by atoms with Crippen molar-refractivity contribution in [1.29, 1.82) is 0 Å². The fourth-order valence-electron chi connectivity index (χ4n) is 3.15. The van der Waals surface area contributed by atoms with Gasteiger partial charge in [-0.25, -0.2) is 0 Å². The molecule has 3 heteroatoms. The highest BCUT2D eigenvalue weighted by Crippen LogP contribution is 2.46. The molecule has 0 radical (unpaired) electrons. The van der Waals surface area contributed by atoms with Crippen molar-refractivity contribution in [2.75, 3.05) is 5.75 Å². The summed E-state index contributed by atoms with van der Waals surface area (Å²) in [6.45, 7) is 2.72. The maximum Gasteiger partial charge on any atom is 0.299 e. The molecule has 1 atom stereocenters. The Morgan fingerprint density at radius 1 is 1.21 bits per heavy atom. The average molecular weight is 212 g/mol. The van der Waals surface area contributed by atoms with Crippen LogP contribution in [0.5, 0.6) is 0 Å². The molecule has 2 aliphatic heterocycles. The maximum absolute atomic E-state index is 6.13. The van der Waals surface area contributed by atoms with Gasteiger partial charge in [-0.3, -0.25) is 0 Å². The zero-order chi connectivity index (χ0) is 9.97. The predicted molar refractivity (Wildman–Crippen MR) is 65.4 cm³/mol. The van der Waals surface area contributed by atoms with Crippen LogP contribution in [-0.2, 0) is 4.65 Å². The molecule has 0 aromatic carbocycles. The van der Waals surface area contributed by atoms with Crippen molar-refractivity contribution in [3.8, 4) is 0 Å². The Morgan fingerprint density at radius 2 is 1.71 bits per heavy atom. The van der Waals surface area contributed by atoms with Crippen molar-refractivity contribution in [2.45, 2.75) is 63.2 Å². The predicted octanol–water partition coefficient (Wildman–Crippen LogP) is 3.42. The van der Waals surface area contributed by atoms with E-state index in [0.717, 1.165) is 17.4 Å². The maximum atomic E-state index is 6.13. The largest absolute Gasteiger partial charge is 0.432 e. The summed E-state index contributed by atoms with van der Waals surface area (Å²) in [6, 6.07) is 0. The van der Waals surface area contributed by atoms with Gasteiger partial charge in [0.2, 0.25) is 0 Å². The molecule has 1 nitrogen and oxygen atoms in total. The summed E-state index contributed by atoms with van der Waals surface area (Å²) in [6.07, 6.45) is 8.82. The van der Waals surface area contributed by atoms with Crippen LogP contribution in [0.4, 0.5) is 0 Å². The van der Waals surface area contributed by atoms with Crippen molar-refractivity contribution in [3.05, 3.63) is 0 Å². The summed E-state index contributed by atoms with van der Waals surface area (Å²) in [4.78, 5) is 0. The zero-order valence-corrected chi connectivity index (χ0v) is 10.0. The van der Waals surface area contributed by atoms with E-state index in [0.29, 0.717) is 13.0 Å². The molecule has 0 aliphatic carbocycles. The van der Waals surface area contributed by atoms with Crippen molar-refractivity contribution in [3.63, 3.8) is 0 Å². The molecule has 2 saturated heterocycles. The second-order valence-electron chi connectivity index (χ2n) is 4.98. The summed E-state index contributed by atoms with van der Waals surface area (Å²) in [7, 11) is 0. The van der Waals surface area contributed by atoms with E-state index < -0.39 is 0 Å². The Hall–Kier alpha value is 0.375. The summed E-state index contributed by atoms with van der Waals surface area (Å²) in [5.74, 6) is 2.59.